The van der Waals surface area contributed by atoms with E-state index in [0.717, 1.165) is 22.6 Å². The van der Waals surface area contributed by atoms with Crippen molar-refractivity contribution in [2.45, 2.75) is 59.4 Å². The molecule has 1 aliphatic heterocycles. The normalized spacial score (nSPS) is 20.0. The monoisotopic (exact) mass is 332 g/mol. The highest BCUT2D eigenvalue weighted by Crippen LogP contribution is 2.31. The van der Waals surface area contributed by atoms with Gasteiger partial charge in [0.25, 0.3) is 5.91 Å². The lowest BCUT2D eigenvalue weighted by molar-refractivity contribution is -0.00710. The second kappa shape index (κ2) is 6.35. The van der Waals surface area contributed by atoms with Gasteiger partial charge in [-0.15, -0.1) is 0 Å². The number of fused-ring (bicyclic) bond motifs is 1. The highest BCUT2D eigenvalue weighted by molar-refractivity contribution is 5.94. The van der Waals surface area contributed by atoms with Gasteiger partial charge in [0.1, 0.15) is 11.4 Å². The maximum atomic E-state index is 12.7. The van der Waals surface area contributed by atoms with E-state index in [1.807, 2.05) is 27.7 Å². The zero-order chi connectivity index (χ0) is 17.4. The van der Waals surface area contributed by atoms with Gasteiger partial charge in [0.05, 0.1) is 36.7 Å². The van der Waals surface area contributed by atoms with E-state index in [1.165, 1.54) is 0 Å². The Morgan fingerprint density at radius 1 is 1.33 bits per heavy atom. The molecule has 2 atom stereocenters. The first-order valence-corrected chi connectivity index (χ1v) is 8.30. The number of carbonyl (C=O) groups is 1. The average molecular weight is 332 g/mol. The molecule has 1 N–H and O–H groups in total. The summed E-state index contributed by atoms with van der Waals surface area (Å²) in [7, 11) is 1.79. The molecular formula is C16H24N6O2. The molecule has 0 fully saturated rings. The molecule has 3 heterocycles. The van der Waals surface area contributed by atoms with Crippen molar-refractivity contribution in [3.05, 3.63) is 28.3 Å². The highest BCUT2D eigenvalue weighted by Gasteiger charge is 2.31. The van der Waals surface area contributed by atoms with Crippen molar-refractivity contribution in [2.75, 3.05) is 0 Å². The lowest BCUT2D eigenvalue weighted by atomic mass is 9.99. The molecule has 8 heteroatoms. The summed E-state index contributed by atoms with van der Waals surface area (Å²) >= 11 is 0. The van der Waals surface area contributed by atoms with Gasteiger partial charge in [0.15, 0.2) is 0 Å². The maximum Gasteiger partial charge on any atom is 0.270 e. The number of amides is 1. The highest BCUT2D eigenvalue weighted by atomic mass is 16.5. The van der Waals surface area contributed by atoms with Crippen LogP contribution in [-0.4, -0.2) is 36.8 Å². The van der Waals surface area contributed by atoms with Crippen LogP contribution in [0.1, 0.15) is 60.0 Å². The molecular weight excluding hydrogens is 308 g/mol. The molecule has 1 aliphatic rings. The first kappa shape index (κ1) is 16.6. The van der Waals surface area contributed by atoms with Gasteiger partial charge in [0, 0.05) is 19.0 Å². The number of aryl methyl sites for hydroxylation is 3. The zero-order valence-electron chi connectivity index (χ0n) is 14.8. The van der Waals surface area contributed by atoms with Crippen molar-refractivity contribution in [3.63, 3.8) is 0 Å². The van der Waals surface area contributed by atoms with E-state index in [9.17, 15) is 4.79 Å². The van der Waals surface area contributed by atoms with Crippen molar-refractivity contribution in [3.8, 4) is 0 Å². The Bertz CT molecular complexity index is 763. The smallest absolute Gasteiger partial charge is 0.270 e. The number of nitrogens with one attached hydrogen (secondary N) is 1. The van der Waals surface area contributed by atoms with Gasteiger partial charge >= 0.3 is 0 Å². The summed E-state index contributed by atoms with van der Waals surface area (Å²) < 4.78 is 7.44. The van der Waals surface area contributed by atoms with Crippen molar-refractivity contribution < 1.29 is 9.53 Å². The summed E-state index contributed by atoms with van der Waals surface area (Å²) in [4.78, 5) is 14.3. The first-order valence-electron chi connectivity index (χ1n) is 8.30. The summed E-state index contributed by atoms with van der Waals surface area (Å²) in [5, 5.41) is 16.1. The fraction of sp³-hybridized carbons (Fsp3) is 0.625. The van der Waals surface area contributed by atoms with Gasteiger partial charge in [-0.2, -0.15) is 20.1 Å². The van der Waals surface area contributed by atoms with E-state index in [2.05, 4.69) is 20.6 Å². The van der Waals surface area contributed by atoms with Crippen LogP contribution in [-0.2, 0) is 31.3 Å². The van der Waals surface area contributed by atoms with Crippen LogP contribution >= 0.6 is 0 Å². The molecule has 0 radical (unpaired) electrons. The van der Waals surface area contributed by atoms with Gasteiger partial charge in [-0.05, 0) is 27.7 Å². The molecule has 24 heavy (non-hydrogen) atoms. The second-order valence-corrected chi connectivity index (χ2v) is 6.23. The van der Waals surface area contributed by atoms with E-state index in [-0.39, 0.29) is 18.1 Å². The van der Waals surface area contributed by atoms with E-state index in [1.54, 1.807) is 16.5 Å². The van der Waals surface area contributed by atoms with Crippen LogP contribution in [0.5, 0.6) is 0 Å². The fourth-order valence-electron chi connectivity index (χ4n) is 3.17. The molecule has 1 amide bonds. The Morgan fingerprint density at radius 2 is 2.08 bits per heavy atom. The Kier molecular flexibility index (Phi) is 4.40. The average Bonchev–Trinajstić information content (AvgIpc) is 3.04. The standard InChI is InChI=1S/C16H24N6O2/c1-6-22-18-10(3)13(19-22)8-17-16(23)15-12-7-9(2)24-11(4)14(12)20-21(15)5/h9,11H,6-8H2,1-5H3,(H,17,23)/t9-,11+/m1/s1. The predicted molar refractivity (Wildman–Crippen MR) is 87.5 cm³/mol. The minimum Gasteiger partial charge on any atom is -0.369 e. The van der Waals surface area contributed by atoms with Crippen molar-refractivity contribution in [1.29, 1.82) is 0 Å². The number of aromatic nitrogens is 5. The summed E-state index contributed by atoms with van der Waals surface area (Å²) in [6, 6.07) is 0. The van der Waals surface area contributed by atoms with Crippen LogP contribution in [0.4, 0.5) is 0 Å². The first-order chi connectivity index (χ1) is 11.4. The number of carbonyl (C=O) groups excluding carboxylic acids is 1. The van der Waals surface area contributed by atoms with Crippen molar-refractivity contribution in [1.82, 2.24) is 30.1 Å². The minimum absolute atomic E-state index is 0.0787. The molecule has 0 aliphatic carbocycles. The van der Waals surface area contributed by atoms with Crippen LogP contribution in [0.2, 0.25) is 0 Å². The van der Waals surface area contributed by atoms with Gasteiger partial charge in [-0.1, -0.05) is 0 Å². The molecule has 0 saturated carbocycles. The molecule has 0 bridgehead atoms. The van der Waals surface area contributed by atoms with Crippen molar-refractivity contribution in [2.24, 2.45) is 7.05 Å². The Morgan fingerprint density at radius 3 is 2.75 bits per heavy atom. The van der Waals surface area contributed by atoms with Gasteiger partial charge < -0.3 is 10.1 Å². The predicted octanol–water partition coefficient (Wildman–Crippen LogP) is 1.29. The van der Waals surface area contributed by atoms with Gasteiger partial charge in [-0.3, -0.25) is 9.48 Å². The number of nitrogens with zero attached hydrogens (tertiary/aromatic N) is 5. The third kappa shape index (κ3) is 2.93. The van der Waals surface area contributed by atoms with E-state index in [0.29, 0.717) is 25.2 Å². The van der Waals surface area contributed by atoms with Crippen LogP contribution in [0.15, 0.2) is 0 Å². The third-order valence-corrected chi connectivity index (χ3v) is 4.32. The number of ether oxygens (including phenoxy) is 1. The molecule has 0 spiro atoms. The topological polar surface area (TPSA) is 86.9 Å². The maximum absolute atomic E-state index is 12.7. The van der Waals surface area contributed by atoms with Crippen LogP contribution in [0.25, 0.3) is 0 Å². The SMILES string of the molecule is CCn1nc(C)c(CNC(=O)c2c3c(nn2C)[C@H](C)O[C@H](C)C3)n1. The number of hydrogen-bond donors (Lipinski definition) is 1. The third-order valence-electron chi connectivity index (χ3n) is 4.32. The van der Waals surface area contributed by atoms with Crippen LogP contribution in [0, 0.1) is 6.92 Å². The molecule has 0 unspecified atom stereocenters. The summed E-state index contributed by atoms with van der Waals surface area (Å²) in [5.74, 6) is -0.141. The quantitative estimate of drug-likeness (QED) is 0.912. The molecule has 8 nitrogen and oxygen atoms in total. The molecule has 2 aromatic heterocycles. The van der Waals surface area contributed by atoms with Crippen molar-refractivity contribution >= 4 is 5.91 Å². The zero-order valence-corrected chi connectivity index (χ0v) is 14.8. The van der Waals surface area contributed by atoms with Gasteiger partial charge in [0.2, 0.25) is 0 Å². The van der Waals surface area contributed by atoms with Crippen LogP contribution in [0.3, 0.4) is 0 Å². The van der Waals surface area contributed by atoms with Gasteiger partial charge in [-0.25, -0.2) is 0 Å². The lowest BCUT2D eigenvalue weighted by Crippen LogP contribution is -2.28. The fourth-order valence-corrected chi connectivity index (χ4v) is 3.17. The largest absolute Gasteiger partial charge is 0.369 e. The van der Waals surface area contributed by atoms with E-state index in [4.69, 9.17) is 4.74 Å². The Labute approximate surface area is 141 Å². The van der Waals surface area contributed by atoms with E-state index < -0.39 is 0 Å². The minimum atomic E-state index is -0.141. The lowest BCUT2D eigenvalue weighted by Gasteiger charge is -2.24. The Balaban J connectivity index is 1.79. The Hall–Kier alpha value is -2.22. The van der Waals surface area contributed by atoms with Crippen LogP contribution < -0.4 is 5.32 Å². The second-order valence-electron chi connectivity index (χ2n) is 6.23. The number of rotatable bonds is 4. The van der Waals surface area contributed by atoms with E-state index >= 15 is 0 Å². The molecule has 0 saturated heterocycles. The summed E-state index contributed by atoms with van der Waals surface area (Å²) in [6.45, 7) is 8.92. The molecule has 130 valence electrons. The molecule has 2 aromatic rings. The number of hydrogen-bond acceptors (Lipinski definition) is 5. The summed E-state index contributed by atoms with van der Waals surface area (Å²) in [6.07, 6.45) is 0.680. The molecule has 0 aromatic carbocycles. The molecule has 3 rings (SSSR count). The summed E-state index contributed by atoms with van der Waals surface area (Å²) in [5.41, 5.74) is 4.06.